The van der Waals surface area contributed by atoms with Crippen LogP contribution in [0.2, 0.25) is 0 Å². The van der Waals surface area contributed by atoms with Gasteiger partial charge in [-0.15, -0.1) is 0 Å². The first-order valence-corrected chi connectivity index (χ1v) is 7.44. The average Bonchev–Trinajstić information content (AvgIpc) is 2.94. The summed E-state index contributed by atoms with van der Waals surface area (Å²) in [6, 6.07) is 7.03. The van der Waals surface area contributed by atoms with Gasteiger partial charge in [-0.1, -0.05) is 6.07 Å². The van der Waals surface area contributed by atoms with Gasteiger partial charge in [0.05, 0.1) is 6.10 Å². The normalized spacial score (nSPS) is 26.5. The summed E-state index contributed by atoms with van der Waals surface area (Å²) in [4.78, 5) is 0. The van der Waals surface area contributed by atoms with Gasteiger partial charge in [-0.25, -0.2) is 0 Å². The Morgan fingerprint density at radius 1 is 1.25 bits per heavy atom. The van der Waals surface area contributed by atoms with Gasteiger partial charge in [0.2, 0.25) is 6.79 Å². The fraction of sp³-hybridized carbons (Fsp3) is 0.625. The summed E-state index contributed by atoms with van der Waals surface area (Å²) in [6.45, 7) is 2.53. The quantitative estimate of drug-likeness (QED) is 0.918. The monoisotopic (exact) mass is 277 g/mol. The van der Waals surface area contributed by atoms with Gasteiger partial charge < -0.3 is 19.5 Å². The van der Waals surface area contributed by atoms with Crippen molar-refractivity contribution < 1.29 is 14.2 Å². The number of benzene rings is 1. The van der Waals surface area contributed by atoms with Crippen molar-refractivity contribution in [3.05, 3.63) is 23.8 Å². The van der Waals surface area contributed by atoms with Gasteiger partial charge in [0.25, 0.3) is 0 Å². The van der Waals surface area contributed by atoms with Crippen LogP contribution in [0.4, 0.5) is 0 Å². The first kappa shape index (κ1) is 13.7. The molecule has 4 heteroatoms. The molecule has 2 aliphatic rings. The van der Waals surface area contributed by atoms with Crippen molar-refractivity contribution in [1.29, 1.82) is 0 Å². The summed E-state index contributed by atoms with van der Waals surface area (Å²) in [6.07, 6.45) is 5.17. The molecule has 1 aliphatic carbocycles. The van der Waals surface area contributed by atoms with Crippen molar-refractivity contribution in [2.45, 2.75) is 50.8 Å². The van der Waals surface area contributed by atoms with E-state index in [9.17, 15) is 0 Å². The Kier molecular flexibility index (Phi) is 4.13. The van der Waals surface area contributed by atoms with Crippen LogP contribution in [0.3, 0.4) is 0 Å². The summed E-state index contributed by atoms with van der Waals surface area (Å²) in [5.41, 5.74) is 1.24. The first-order chi connectivity index (χ1) is 9.76. The third-order valence-electron chi connectivity index (χ3n) is 4.34. The standard InChI is InChI=1S/C16H23NO3/c1-11(17-13-4-3-5-14(9-13)18-2)12-6-7-15-16(8-12)20-10-19-15/h6-8,11,13-14,17H,3-5,9-10H2,1-2H3. The highest BCUT2D eigenvalue weighted by atomic mass is 16.7. The van der Waals surface area contributed by atoms with E-state index in [4.69, 9.17) is 14.2 Å². The maximum Gasteiger partial charge on any atom is 0.231 e. The molecule has 1 aromatic carbocycles. The highest BCUT2D eigenvalue weighted by Gasteiger charge is 2.23. The van der Waals surface area contributed by atoms with Crippen LogP contribution >= 0.6 is 0 Å². The maximum absolute atomic E-state index is 5.49. The lowest BCUT2D eigenvalue weighted by Gasteiger charge is -2.31. The zero-order valence-corrected chi connectivity index (χ0v) is 12.2. The molecule has 1 aromatic rings. The van der Waals surface area contributed by atoms with Crippen molar-refractivity contribution in [3.63, 3.8) is 0 Å². The van der Waals surface area contributed by atoms with Crippen LogP contribution in [0, 0.1) is 0 Å². The molecule has 3 rings (SSSR count). The van der Waals surface area contributed by atoms with Gasteiger partial charge in [0.1, 0.15) is 0 Å². The van der Waals surface area contributed by atoms with Crippen molar-refractivity contribution in [1.82, 2.24) is 5.32 Å². The molecule has 3 unspecified atom stereocenters. The molecular formula is C16H23NO3. The molecule has 0 spiro atoms. The fourth-order valence-corrected chi connectivity index (χ4v) is 3.14. The molecule has 20 heavy (non-hydrogen) atoms. The molecule has 1 N–H and O–H groups in total. The van der Waals surface area contributed by atoms with Gasteiger partial charge in [0.15, 0.2) is 11.5 Å². The van der Waals surface area contributed by atoms with E-state index in [1.807, 2.05) is 13.2 Å². The minimum absolute atomic E-state index is 0.310. The molecule has 1 saturated carbocycles. The van der Waals surface area contributed by atoms with Crippen LogP contribution in [0.5, 0.6) is 11.5 Å². The molecular weight excluding hydrogens is 254 g/mol. The smallest absolute Gasteiger partial charge is 0.231 e. The molecule has 0 radical (unpaired) electrons. The van der Waals surface area contributed by atoms with E-state index in [0.717, 1.165) is 17.9 Å². The van der Waals surface area contributed by atoms with Crippen LogP contribution in [-0.4, -0.2) is 26.0 Å². The maximum atomic E-state index is 5.49. The second kappa shape index (κ2) is 6.02. The Labute approximate surface area is 120 Å². The van der Waals surface area contributed by atoms with Gasteiger partial charge in [-0.05, 0) is 50.3 Å². The average molecular weight is 277 g/mol. The molecule has 1 heterocycles. The Balaban J connectivity index is 1.62. The van der Waals surface area contributed by atoms with Gasteiger partial charge in [-0.3, -0.25) is 0 Å². The molecule has 3 atom stereocenters. The van der Waals surface area contributed by atoms with Crippen molar-refractivity contribution >= 4 is 0 Å². The second-order valence-corrected chi connectivity index (χ2v) is 5.72. The predicted molar refractivity (Wildman–Crippen MR) is 77.2 cm³/mol. The molecule has 1 fully saturated rings. The molecule has 0 amide bonds. The number of ether oxygens (including phenoxy) is 3. The Morgan fingerprint density at radius 2 is 2.10 bits per heavy atom. The van der Waals surface area contributed by atoms with Gasteiger partial charge in [-0.2, -0.15) is 0 Å². The lowest BCUT2D eigenvalue weighted by molar-refractivity contribution is 0.0572. The van der Waals surface area contributed by atoms with E-state index in [-0.39, 0.29) is 0 Å². The number of hydrogen-bond acceptors (Lipinski definition) is 4. The van der Waals surface area contributed by atoms with Crippen molar-refractivity contribution in [2.75, 3.05) is 13.9 Å². The number of methoxy groups -OCH3 is 1. The SMILES string of the molecule is COC1CCCC(NC(C)c2ccc3c(c2)OCO3)C1. The first-order valence-electron chi connectivity index (χ1n) is 7.44. The van der Waals surface area contributed by atoms with Crippen molar-refractivity contribution in [3.8, 4) is 11.5 Å². The van der Waals surface area contributed by atoms with Crippen LogP contribution in [0.1, 0.15) is 44.2 Å². The zero-order valence-electron chi connectivity index (χ0n) is 12.2. The Bertz CT molecular complexity index is 463. The lowest BCUT2D eigenvalue weighted by atomic mass is 9.92. The molecule has 0 saturated heterocycles. The molecule has 1 aliphatic heterocycles. The zero-order chi connectivity index (χ0) is 13.9. The van der Waals surface area contributed by atoms with E-state index in [2.05, 4.69) is 24.4 Å². The number of rotatable bonds is 4. The van der Waals surface area contributed by atoms with Crippen LogP contribution < -0.4 is 14.8 Å². The minimum atomic E-state index is 0.310. The predicted octanol–water partition coefficient (Wildman–Crippen LogP) is 3.02. The summed E-state index contributed by atoms with van der Waals surface area (Å²) in [7, 11) is 1.81. The third-order valence-corrected chi connectivity index (χ3v) is 4.34. The summed E-state index contributed by atoms with van der Waals surface area (Å²) >= 11 is 0. The van der Waals surface area contributed by atoms with E-state index >= 15 is 0 Å². The van der Waals surface area contributed by atoms with E-state index in [0.29, 0.717) is 25.0 Å². The number of hydrogen-bond donors (Lipinski definition) is 1. The van der Waals surface area contributed by atoms with E-state index in [1.54, 1.807) is 0 Å². The van der Waals surface area contributed by atoms with Crippen molar-refractivity contribution in [2.24, 2.45) is 0 Å². The molecule has 4 nitrogen and oxygen atoms in total. The molecule has 0 aromatic heterocycles. The fourth-order valence-electron chi connectivity index (χ4n) is 3.14. The lowest BCUT2D eigenvalue weighted by Crippen LogP contribution is -2.38. The minimum Gasteiger partial charge on any atom is -0.454 e. The largest absolute Gasteiger partial charge is 0.454 e. The highest BCUT2D eigenvalue weighted by Crippen LogP contribution is 2.34. The summed E-state index contributed by atoms with van der Waals surface area (Å²) < 4.78 is 16.3. The van der Waals surface area contributed by atoms with E-state index < -0.39 is 0 Å². The third kappa shape index (κ3) is 2.91. The second-order valence-electron chi connectivity index (χ2n) is 5.72. The van der Waals surface area contributed by atoms with Crippen LogP contribution in [0.25, 0.3) is 0 Å². The number of fused-ring (bicyclic) bond motifs is 1. The van der Waals surface area contributed by atoms with Crippen LogP contribution in [0.15, 0.2) is 18.2 Å². The topological polar surface area (TPSA) is 39.7 Å². The van der Waals surface area contributed by atoms with Crippen LogP contribution in [-0.2, 0) is 4.74 Å². The van der Waals surface area contributed by atoms with Gasteiger partial charge >= 0.3 is 0 Å². The summed E-state index contributed by atoms with van der Waals surface area (Å²) in [5.74, 6) is 1.70. The highest BCUT2D eigenvalue weighted by molar-refractivity contribution is 5.45. The molecule has 0 bridgehead atoms. The van der Waals surface area contributed by atoms with Gasteiger partial charge in [0, 0.05) is 19.2 Å². The summed E-state index contributed by atoms with van der Waals surface area (Å²) in [5, 5.41) is 3.71. The Hall–Kier alpha value is -1.26. The Morgan fingerprint density at radius 3 is 2.95 bits per heavy atom. The molecule has 110 valence electrons. The number of nitrogens with one attached hydrogen (secondary N) is 1. The van der Waals surface area contributed by atoms with E-state index in [1.165, 1.54) is 24.8 Å².